The van der Waals surface area contributed by atoms with Gasteiger partial charge in [-0.25, -0.2) is 4.79 Å². The number of halogens is 1. The molecule has 2 rings (SSSR count). The van der Waals surface area contributed by atoms with Gasteiger partial charge in [-0.1, -0.05) is 72.4 Å². The molecule has 2 aromatic rings. The van der Waals surface area contributed by atoms with Crippen LogP contribution < -0.4 is 16.8 Å². The molecule has 1 atom stereocenters. The summed E-state index contributed by atoms with van der Waals surface area (Å²) in [6.07, 6.45) is 0.339. The van der Waals surface area contributed by atoms with Crippen molar-refractivity contribution in [1.82, 2.24) is 5.32 Å². The standard InChI is InChI=1S/C21H26N4O3S.ClH/c22-20(23)24-13-7-12-18(19(26)29-15-17-10-5-2-6-11-17)25-21(27)28-14-16-8-3-1-4-9-16;/h1-6,8-11,18H,7,12-15H2,(H,25,27)(H4,22,23,24);1H/t18-;/m0./s1. The highest BCUT2D eigenvalue weighted by molar-refractivity contribution is 8.13. The van der Waals surface area contributed by atoms with Gasteiger partial charge in [0.1, 0.15) is 12.6 Å². The second kappa shape index (κ2) is 14.3. The number of amides is 1. The molecule has 0 saturated heterocycles. The number of alkyl carbamates (subject to hydrolysis) is 1. The van der Waals surface area contributed by atoms with Gasteiger partial charge >= 0.3 is 6.09 Å². The van der Waals surface area contributed by atoms with E-state index in [1.807, 2.05) is 60.7 Å². The van der Waals surface area contributed by atoms with Crippen LogP contribution in [0.25, 0.3) is 0 Å². The highest BCUT2D eigenvalue weighted by Crippen LogP contribution is 2.17. The second-order valence-corrected chi connectivity index (χ2v) is 7.28. The number of carbonyl (C=O) groups excluding carboxylic acids is 2. The van der Waals surface area contributed by atoms with Crippen molar-refractivity contribution in [1.29, 1.82) is 0 Å². The molecule has 0 aliphatic carbocycles. The minimum absolute atomic E-state index is 0. The normalized spacial score (nSPS) is 10.9. The third-order valence-corrected chi connectivity index (χ3v) is 5.01. The third kappa shape index (κ3) is 10.2. The fraction of sp³-hybridized carbons (Fsp3) is 0.286. The summed E-state index contributed by atoms with van der Waals surface area (Å²) < 4.78 is 5.24. The molecule has 0 aromatic heterocycles. The lowest BCUT2D eigenvalue weighted by Gasteiger charge is -2.17. The van der Waals surface area contributed by atoms with Crippen LogP contribution in [0.1, 0.15) is 24.0 Å². The average Bonchev–Trinajstić information content (AvgIpc) is 2.74. The van der Waals surface area contributed by atoms with Gasteiger partial charge in [0.15, 0.2) is 5.96 Å². The van der Waals surface area contributed by atoms with Crippen LogP contribution in [0.15, 0.2) is 65.7 Å². The first-order chi connectivity index (χ1) is 14.0. The van der Waals surface area contributed by atoms with Gasteiger partial charge in [-0.3, -0.25) is 9.79 Å². The van der Waals surface area contributed by atoms with Gasteiger partial charge < -0.3 is 21.5 Å². The van der Waals surface area contributed by atoms with Crippen LogP contribution in [0.3, 0.4) is 0 Å². The Morgan fingerprint density at radius 2 is 1.60 bits per heavy atom. The molecule has 0 fully saturated rings. The first-order valence-corrected chi connectivity index (χ1v) is 10.3. The molecule has 0 heterocycles. The van der Waals surface area contributed by atoms with E-state index in [4.69, 9.17) is 16.2 Å². The summed E-state index contributed by atoms with van der Waals surface area (Å²) in [6, 6.07) is 18.3. The lowest BCUT2D eigenvalue weighted by Crippen LogP contribution is -2.40. The van der Waals surface area contributed by atoms with Gasteiger partial charge in [-0.15, -0.1) is 12.4 Å². The zero-order valence-electron chi connectivity index (χ0n) is 16.5. The Balaban J connectivity index is 0.00000450. The fourth-order valence-corrected chi connectivity index (χ4v) is 3.37. The lowest BCUT2D eigenvalue weighted by molar-refractivity contribution is -0.112. The van der Waals surface area contributed by atoms with E-state index in [2.05, 4.69) is 10.3 Å². The molecule has 0 bridgehead atoms. The number of aliphatic imine (C=N–C) groups is 1. The second-order valence-electron chi connectivity index (χ2n) is 6.30. The summed E-state index contributed by atoms with van der Waals surface area (Å²) in [5.74, 6) is 0.534. The van der Waals surface area contributed by atoms with Gasteiger partial charge in [0.2, 0.25) is 5.12 Å². The van der Waals surface area contributed by atoms with Crippen LogP contribution >= 0.6 is 24.2 Å². The number of nitrogens with one attached hydrogen (secondary N) is 1. The highest BCUT2D eigenvalue weighted by Gasteiger charge is 2.21. The average molecular weight is 451 g/mol. The molecule has 0 aliphatic heterocycles. The van der Waals surface area contributed by atoms with Crippen LogP contribution in [0, 0.1) is 0 Å². The van der Waals surface area contributed by atoms with E-state index in [9.17, 15) is 9.59 Å². The van der Waals surface area contributed by atoms with Crippen molar-refractivity contribution in [2.75, 3.05) is 6.54 Å². The number of guanidine groups is 1. The number of nitrogens with two attached hydrogens (primary N) is 2. The summed E-state index contributed by atoms with van der Waals surface area (Å²) >= 11 is 1.16. The van der Waals surface area contributed by atoms with E-state index in [1.165, 1.54) is 0 Å². The van der Waals surface area contributed by atoms with Crippen LogP contribution in [-0.4, -0.2) is 29.8 Å². The van der Waals surface area contributed by atoms with Crippen LogP contribution in [0.5, 0.6) is 0 Å². The summed E-state index contributed by atoms with van der Waals surface area (Å²) in [7, 11) is 0. The van der Waals surface area contributed by atoms with Crippen molar-refractivity contribution in [2.24, 2.45) is 16.5 Å². The van der Waals surface area contributed by atoms with Gasteiger partial charge in [-0.05, 0) is 24.0 Å². The lowest BCUT2D eigenvalue weighted by atomic mass is 10.2. The number of hydrogen-bond acceptors (Lipinski definition) is 5. The number of thioether (sulfide) groups is 1. The predicted octanol–water partition coefficient (Wildman–Crippen LogP) is 3.22. The van der Waals surface area contributed by atoms with E-state index < -0.39 is 12.1 Å². The smallest absolute Gasteiger partial charge is 0.408 e. The fourth-order valence-electron chi connectivity index (χ4n) is 2.49. The Kier molecular flexibility index (Phi) is 12.1. The van der Waals surface area contributed by atoms with Crippen molar-refractivity contribution >= 4 is 41.3 Å². The Hall–Kier alpha value is -2.71. The maximum atomic E-state index is 12.7. The Morgan fingerprint density at radius 3 is 2.20 bits per heavy atom. The van der Waals surface area contributed by atoms with Crippen molar-refractivity contribution < 1.29 is 14.3 Å². The molecular weight excluding hydrogens is 424 g/mol. The molecule has 2 aromatic carbocycles. The molecule has 0 aliphatic rings. The van der Waals surface area contributed by atoms with E-state index >= 15 is 0 Å². The molecular formula is C21H27ClN4O3S. The zero-order chi connectivity index (χ0) is 20.9. The Bertz CT molecular complexity index is 802. The Labute approximate surface area is 187 Å². The predicted molar refractivity (Wildman–Crippen MR) is 123 cm³/mol. The maximum absolute atomic E-state index is 12.7. The highest BCUT2D eigenvalue weighted by atomic mass is 35.5. The SMILES string of the molecule is Cl.NC(N)=NCCC[C@H](NC(=O)OCc1ccccc1)C(=O)SCc1ccccc1. The zero-order valence-corrected chi connectivity index (χ0v) is 18.2. The quantitative estimate of drug-likeness (QED) is 0.290. The molecule has 7 nitrogen and oxygen atoms in total. The van der Waals surface area contributed by atoms with Crippen molar-refractivity contribution in [3.05, 3.63) is 71.8 Å². The first-order valence-electron chi connectivity index (χ1n) is 9.28. The number of benzene rings is 2. The molecule has 9 heteroatoms. The van der Waals surface area contributed by atoms with Crippen LogP contribution in [-0.2, 0) is 21.9 Å². The van der Waals surface area contributed by atoms with E-state index in [0.717, 1.165) is 22.9 Å². The summed E-state index contributed by atoms with van der Waals surface area (Å²) in [4.78, 5) is 28.8. The van der Waals surface area contributed by atoms with E-state index in [0.29, 0.717) is 25.1 Å². The van der Waals surface area contributed by atoms with Gasteiger partial charge in [0.25, 0.3) is 0 Å². The van der Waals surface area contributed by atoms with E-state index in [1.54, 1.807) is 0 Å². The molecule has 0 saturated carbocycles. The monoisotopic (exact) mass is 450 g/mol. The number of ether oxygens (including phenoxy) is 1. The number of carbonyl (C=O) groups is 2. The summed E-state index contributed by atoms with van der Waals surface area (Å²) in [6.45, 7) is 0.523. The summed E-state index contributed by atoms with van der Waals surface area (Å²) in [5.41, 5.74) is 12.6. The van der Waals surface area contributed by atoms with Crippen molar-refractivity contribution in [3.63, 3.8) is 0 Å². The summed E-state index contributed by atoms with van der Waals surface area (Å²) in [5, 5.41) is 2.54. The van der Waals surface area contributed by atoms with Crippen LogP contribution in [0.4, 0.5) is 4.79 Å². The minimum Gasteiger partial charge on any atom is -0.445 e. The Morgan fingerprint density at radius 1 is 1.00 bits per heavy atom. The van der Waals surface area contributed by atoms with Gasteiger partial charge in [-0.2, -0.15) is 0 Å². The topological polar surface area (TPSA) is 120 Å². The number of hydrogen-bond donors (Lipinski definition) is 3. The van der Waals surface area contributed by atoms with E-state index in [-0.39, 0.29) is 30.1 Å². The largest absolute Gasteiger partial charge is 0.445 e. The first kappa shape index (κ1) is 25.3. The minimum atomic E-state index is -0.679. The molecule has 0 unspecified atom stereocenters. The van der Waals surface area contributed by atoms with Crippen molar-refractivity contribution in [2.45, 2.75) is 31.2 Å². The maximum Gasteiger partial charge on any atom is 0.408 e. The van der Waals surface area contributed by atoms with Gasteiger partial charge in [0.05, 0.1) is 0 Å². The number of rotatable bonds is 10. The molecule has 0 spiro atoms. The third-order valence-electron chi connectivity index (χ3n) is 3.96. The van der Waals surface area contributed by atoms with Crippen molar-refractivity contribution in [3.8, 4) is 0 Å². The molecule has 162 valence electrons. The molecule has 30 heavy (non-hydrogen) atoms. The van der Waals surface area contributed by atoms with Gasteiger partial charge in [0, 0.05) is 12.3 Å². The number of nitrogens with zero attached hydrogens (tertiary/aromatic N) is 1. The molecule has 5 N–H and O–H groups in total. The molecule has 0 radical (unpaired) electrons. The van der Waals surface area contributed by atoms with Crippen LogP contribution in [0.2, 0.25) is 0 Å². The molecule has 1 amide bonds.